The fourth-order valence-electron chi connectivity index (χ4n) is 4.18. The smallest absolute Gasteiger partial charge is 0.244 e. The number of ether oxygens (including phenoxy) is 1. The van der Waals surface area contributed by atoms with Gasteiger partial charge in [-0.1, -0.05) is 33.1 Å². The number of anilines is 1. The summed E-state index contributed by atoms with van der Waals surface area (Å²) >= 11 is 0. The van der Waals surface area contributed by atoms with Gasteiger partial charge in [-0.05, 0) is 43.7 Å². The van der Waals surface area contributed by atoms with Crippen LogP contribution < -0.4 is 5.32 Å². The molecule has 0 spiro atoms. The Bertz CT molecular complexity index is 683. The number of nitrogens with zero attached hydrogens (tertiary/aromatic N) is 2. The second-order valence-electron chi connectivity index (χ2n) is 7.70. The second-order valence-corrected chi connectivity index (χ2v) is 9.63. The average molecular weight is 396 g/mol. The minimum Gasteiger partial charge on any atom is -0.378 e. The molecule has 0 bridgehead atoms. The molecule has 0 saturated carbocycles. The fourth-order valence-corrected chi connectivity index (χ4v) is 5.65. The van der Waals surface area contributed by atoms with Crippen molar-refractivity contribution in [2.24, 2.45) is 5.92 Å². The van der Waals surface area contributed by atoms with Gasteiger partial charge in [-0.25, -0.2) is 13.4 Å². The molecule has 27 heavy (non-hydrogen) atoms. The minimum absolute atomic E-state index is 0.289. The van der Waals surface area contributed by atoms with Crippen molar-refractivity contribution in [3.8, 4) is 0 Å². The Balaban J connectivity index is 1.62. The standard InChI is InChI=1S/C20H33N3O3S/c1-3-16(4-2)19-14-17(10-13-26-19)22-20-9-8-18(15-21-20)27(24,25)23-11-6-5-7-12-23/h8-9,15-17,19H,3-7,10-14H2,1-2H3,(H,21,22). The molecule has 1 N–H and O–H groups in total. The van der Waals surface area contributed by atoms with Gasteiger partial charge in [0.15, 0.2) is 0 Å². The molecule has 6 nitrogen and oxygen atoms in total. The number of piperidine rings is 1. The number of hydrogen-bond donors (Lipinski definition) is 1. The third-order valence-electron chi connectivity index (χ3n) is 5.93. The molecule has 152 valence electrons. The second kappa shape index (κ2) is 9.34. The highest BCUT2D eigenvalue weighted by atomic mass is 32.2. The Labute approximate surface area is 163 Å². The van der Waals surface area contributed by atoms with Gasteiger partial charge in [-0.15, -0.1) is 0 Å². The largest absolute Gasteiger partial charge is 0.378 e. The van der Waals surface area contributed by atoms with Crippen LogP contribution in [0.5, 0.6) is 0 Å². The van der Waals surface area contributed by atoms with Gasteiger partial charge < -0.3 is 10.1 Å². The zero-order chi connectivity index (χ0) is 19.3. The Kier molecular flexibility index (Phi) is 7.11. The molecule has 1 aromatic rings. The fraction of sp³-hybridized carbons (Fsp3) is 0.750. The first kappa shape index (κ1) is 20.6. The Morgan fingerprint density at radius 2 is 1.96 bits per heavy atom. The van der Waals surface area contributed by atoms with Crippen LogP contribution in [0.3, 0.4) is 0 Å². The van der Waals surface area contributed by atoms with E-state index in [4.69, 9.17) is 4.74 Å². The SMILES string of the molecule is CCC(CC)C1CC(Nc2ccc(S(=O)(=O)N3CCCCC3)cn2)CCO1. The van der Waals surface area contributed by atoms with E-state index in [9.17, 15) is 8.42 Å². The van der Waals surface area contributed by atoms with Crippen LogP contribution >= 0.6 is 0 Å². The van der Waals surface area contributed by atoms with Crippen molar-refractivity contribution in [1.29, 1.82) is 0 Å². The third kappa shape index (κ3) is 5.00. The first-order chi connectivity index (χ1) is 13.0. The van der Waals surface area contributed by atoms with Crippen LogP contribution in [0.25, 0.3) is 0 Å². The summed E-state index contributed by atoms with van der Waals surface area (Å²) in [5.74, 6) is 1.34. The van der Waals surface area contributed by atoms with Gasteiger partial charge in [0.1, 0.15) is 10.7 Å². The van der Waals surface area contributed by atoms with E-state index >= 15 is 0 Å². The molecule has 2 fully saturated rings. The van der Waals surface area contributed by atoms with Gasteiger partial charge in [-0.2, -0.15) is 4.31 Å². The number of nitrogens with one attached hydrogen (secondary N) is 1. The maximum Gasteiger partial charge on any atom is 0.244 e. The van der Waals surface area contributed by atoms with Crippen LogP contribution in [0.15, 0.2) is 23.2 Å². The summed E-state index contributed by atoms with van der Waals surface area (Å²) in [6, 6.07) is 3.79. The maximum absolute atomic E-state index is 12.7. The summed E-state index contributed by atoms with van der Waals surface area (Å²) in [5.41, 5.74) is 0. The van der Waals surface area contributed by atoms with Crippen molar-refractivity contribution in [2.45, 2.75) is 75.8 Å². The van der Waals surface area contributed by atoms with E-state index in [0.717, 1.165) is 57.4 Å². The Morgan fingerprint density at radius 1 is 1.22 bits per heavy atom. The molecule has 2 atom stereocenters. The molecule has 0 amide bonds. The number of rotatable bonds is 7. The van der Waals surface area contributed by atoms with Gasteiger partial charge in [-0.3, -0.25) is 0 Å². The van der Waals surface area contributed by atoms with Crippen LogP contribution in [0.2, 0.25) is 0 Å². The third-order valence-corrected chi connectivity index (χ3v) is 7.81. The molecule has 2 saturated heterocycles. The minimum atomic E-state index is -3.42. The number of hydrogen-bond acceptors (Lipinski definition) is 5. The molecule has 3 heterocycles. The van der Waals surface area contributed by atoms with E-state index in [0.29, 0.717) is 31.2 Å². The summed E-state index contributed by atoms with van der Waals surface area (Å²) in [6.45, 7) is 6.43. The number of aromatic nitrogens is 1. The van der Waals surface area contributed by atoms with Gasteiger partial charge in [0, 0.05) is 31.9 Å². The number of pyridine rings is 1. The molecule has 7 heteroatoms. The predicted octanol–water partition coefficient (Wildman–Crippen LogP) is 3.65. The lowest BCUT2D eigenvalue weighted by molar-refractivity contribution is -0.0271. The van der Waals surface area contributed by atoms with Crippen LogP contribution in [-0.2, 0) is 14.8 Å². The van der Waals surface area contributed by atoms with E-state index < -0.39 is 10.0 Å². The molecule has 0 aromatic carbocycles. The molecule has 1 aromatic heterocycles. The molecular weight excluding hydrogens is 362 g/mol. The lowest BCUT2D eigenvalue weighted by Crippen LogP contribution is -2.38. The normalized spacial score (nSPS) is 24.9. The van der Waals surface area contributed by atoms with Gasteiger partial charge in [0.25, 0.3) is 0 Å². The highest BCUT2D eigenvalue weighted by Gasteiger charge is 2.28. The lowest BCUT2D eigenvalue weighted by atomic mass is 9.89. The van der Waals surface area contributed by atoms with Crippen LogP contribution in [-0.4, -0.2) is 49.5 Å². The highest BCUT2D eigenvalue weighted by Crippen LogP contribution is 2.27. The van der Waals surface area contributed by atoms with Crippen molar-refractivity contribution in [1.82, 2.24) is 9.29 Å². The van der Waals surface area contributed by atoms with E-state index in [-0.39, 0.29) is 4.90 Å². The topological polar surface area (TPSA) is 71.5 Å². The zero-order valence-electron chi connectivity index (χ0n) is 16.6. The molecule has 0 radical (unpaired) electrons. The summed E-state index contributed by atoms with van der Waals surface area (Å²) < 4.78 is 33.0. The predicted molar refractivity (Wildman–Crippen MR) is 107 cm³/mol. The van der Waals surface area contributed by atoms with Gasteiger partial charge in [0.05, 0.1) is 6.10 Å². The van der Waals surface area contributed by atoms with Crippen LogP contribution in [0, 0.1) is 5.92 Å². The van der Waals surface area contributed by atoms with E-state index in [2.05, 4.69) is 24.1 Å². The quantitative estimate of drug-likeness (QED) is 0.763. The molecule has 3 rings (SSSR count). The van der Waals surface area contributed by atoms with Crippen molar-refractivity contribution in [2.75, 3.05) is 25.0 Å². The van der Waals surface area contributed by atoms with Crippen molar-refractivity contribution in [3.05, 3.63) is 18.3 Å². The zero-order valence-corrected chi connectivity index (χ0v) is 17.4. The van der Waals surface area contributed by atoms with Crippen LogP contribution in [0.1, 0.15) is 58.8 Å². The molecule has 2 aliphatic heterocycles. The molecule has 2 unspecified atom stereocenters. The Morgan fingerprint density at radius 3 is 2.59 bits per heavy atom. The summed E-state index contributed by atoms with van der Waals surface area (Å²) in [4.78, 5) is 4.68. The molecular formula is C20H33N3O3S. The van der Waals surface area contributed by atoms with E-state index in [1.54, 1.807) is 16.4 Å². The van der Waals surface area contributed by atoms with Crippen molar-refractivity contribution in [3.63, 3.8) is 0 Å². The van der Waals surface area contributed by atoms with Crippen LogP contribution in [0.4, 0.5) is 5.82 Å². The van der Waals surface area contributed by atoms with E-state index in [1.807, 2.05) is 0 Å². The molecule has 0 aliphatic carbocycles. The highest BCUT2D eigenvalue weighted by molar-refractivity contribution is 7.89. The van der Waals surface area contributed by atoms with Gasteiger partial charge >= 0.3 is 0 Å². The number of sulfonamides is 1. The molecule has 2 aliphatic rings. The summed E-state index contributed by atoms with van der Waals surface area (Å²) in [7, 11) is -3.42. The first-order valence-corrected chi connectivity index (χ1v) is 11.8. The van der Waals surface area contributed by atoms with Crippen molar-refractivity contribution < 1.29 is 13.2 Å². The summed E-state index contributed by atoms with van der Waals surface area (Å²) in [6.07, 6.45) is 8.96. The summed E-state index contributed by atoms with van der Waals surface area (Å²) in [5, 5.41) is 3.47. The van der Waals surface area contributed by atoms with Gasteiger partial charge in [0.2, 0.25) is 10.0 Å². The average Bonchev–Trinajstić information content (AvgIpc) is 2.70. The first-order valence-electron chi connectivity index (χ1n) is 10.4. The monoisotopic (exact) mass is 395 g/mol. The maximum atomic E-state index is 12.7. The van der Waals surface area contributed by atoms with Crippen molar-refractivity contribution >= 4 is 15.8 Å². The Hall–Kier alpha value is -1.18. The lowest BCUT2D eigenvalue weighted by Gasteiger charge is -2.34. The van der Waals surface area contributed by atoms with E-state index in [1.165, 1.54) is 6.20 Å².